The molecule has 0 amide bonds. The number of anilines is 2. The highest BCUT2D eigenvalue weighted by atomic mass is 16.6. The maximum absolute atomic E-state index is 10.6. The second-order valence-corrected chi connectivity index (χ2v) is 4.73. The molecule has 0 saturated heterocycles. The lowest BCUT2D eigenvalue weighted by Gasteiger charge is -2.11. The number of nitrogen functional groups attached to an aromatic ring is 1. The van der Waals surface area contributed by atoms with Crippen LogP contribution in [-0.2, 0) is 0 Å². The van der Waals surface area contributed by atoms with Crippen LogP contribution in [0.15, 0.2) is 18.2 Å². The smallest absolute Gasteiger partial charge is 0.273 e. The van der Waals surface area contributed by atoms with E-state index in [1.807, 2.05) is 0 Å². The first-order valence-electron chi connectivity index (χ1n) is 5.27. The minimum absolute atomic E-state index is 0.0310. The maximum atomic E-state index is 10.6. The Bertz CT molecular complexity index is 427. The Balaban J connectivity index is 2.10. The van der Waals surface area contributed by atoms with Crippen LogP contribution in [0, 0.1) is 15.5 Å². The molecule has 0 spiro atoms. The van der Waals surface area contributed by atoms with Gasteiger partial charge < -0.3 is 11.1 Å². The van der Waals surface area contributed by atoms with Crippen LogP contribution in [0.2, 0.25) is 0 Å². The summed E-state index contributed by atoms with van der Waals surface area (Å²) in [5, 5.41) is 13.8. The van der Waals surface area contributed by atoms with E-state index in [2.05, 4.69) is 12.2 Å². The lowest BCUT2D eigenvalue weighted by atomic mass is 10.1. The molecular weight excluding hydrogens is 206 g/mol. The number of nitrogens with two attached hydrogens (primary N) is 1. The lowest BCUT2D eigenvalue weighted by molar-refractivity contribution is -0.384. The number of nitro benzene ring substituents is 1. The largest absolute Gasteiger partial charge is 0.398 e. The van der Waals surface area contributed by atoms with E-state index in [1.54, 1.807) is 6.07 Å². The summed E-state index contributed by atoms with van der Waals surface area (Å²) in [5.74, 6) is 0. The fraction of sp³-hybridized carbons (Fsp3) is 0.455. The van der Waals surface area contributed by atoms with E-state index >= 15 is 0 Å². The topological polar surface area (TPSA) is 81.2 Å². The van der Waals surface area contributed by atoms with Gasteiger partial charge in [0.2, 0.25) is 0 Å². The average Bonchev–Trinajstić information content (AvgIpc) is 2.94. The molecule has 0 heterocycles. The van der Waals surface area contributed by atoms with Crippen LogP contribution in [0.3, 0.4) is 0 Å². The van der Waals surface area contributed by atoms with Gasteiger partial charge in [0.1, 0.15) is 0 Å². The van der Waals surface area contributed by atoms with Gasteiger partial charge in [-0.15, -0.1) is 0 Å². The van der Waals surface area contributed by atoms with Crippen LogP contribution in [0.1, 0.15) is 19.8 Å². The quantitative estimate of drug-likeness (QED) is 0.464. The summed E-state index contributed by atoms with van der Waals surface area (Å²) >= 11 is 0. The second-order valence-electron chi connectivity index (χ2n) is 4.73. The predicted molar refractivity (Wildman–Crippen MR) is 63.3 cm³/mol. The number of nitrogens with zero attached hydrogens (tertiary/aromatic N) is 1. The highest BCUT2D eigenvalue weighted by Crippen LogP contribution is 2.44. The molecule has 0 aliphatic heterocycles. The van der Waals surface area contributed by atoms with Crippen molar-refractivity contribution in [2.75, 3.05) is 17.6 Å². The van der Waals surface area contributed by atoms with Crippen molar-refractivity contribution < 1.29 is 4.92 Å². The van der Waals surface area contributed by atoms with Crippen molar-refractivity contribution in [3.05, 3.63) is 28.3 Å². The van der Waals surface area contributed by atoms with Crippen LogP contribution in [0.25, 0.3) is 0 Å². The summed E-state index contributed by atoms with van der Waals surface area (Å²) in [6.07, 6.45) is 2.43. The number of nitrogens with one attached hydrogen (secondary N) is 1. The molecule has 0 atom stereocenters. The normalized spacial score (nSPS) is 16.8. The summed E-state index contributed by atoms with van der Waals surface area (Å²) in [6.45, 7) is 3.04. The third-order valence-electron chi connectivity index (χ3n) is 2.97. The van der Waals surface area contributed by atoms with E-state index in [-0.39, 0.29) is 5.69 Å². The van der Waals surface area contributed by atoms with E-state index in [0.717, 1.165) is 12.2 Å². The Morgan fingerprint density at radius 3 is 2.75 bits per heavy atom. The first-order valence-corrected chi connectivity index (χ1v) is 5.27. The van der Waals surface area contributed by atoms with Crippen molar-refractivity contribution in [1.82, 2.24) is 0 Å². The van der Waals surface area contributed by atoms with Gasteiger partial charge in [-0.2, -0.15) is 0 Å². The van der Waals surface area contributed by atoms with Crippen LogP contribution >= 0.6 is 0 Å². The Hall–Kier alpha value is -1.78. The molecule has 0 unspecified atom stereocenters. The Labute approximate surface area is 93.8 Å². The van der Waals surface area contributed by atoms with Gasteiger partial charge in [-0.3, -0.25) is 10.1 Å². The standard InChI is InChI=1S/C11H15N3O2/c1-11(2-3-11)7-13-9-4-8(12)5-10(6-9)14(15)16/h4-6,13H,2-3,7,12H2,1H3. The van der Waals surface area contributed by atoms with Crippen LogP contribution in [0.4, 0.5) is 17.1 Å². The van der Waals surface area contributed by atoms with Gasteiger partial charge in [0, 0.05) is 30.1 Å². The van der Waals surface area contributed by atoms with Crippen molar-refractivity contribution in [2.24, 2.45) is 5.41 Å². The first-order chi connectivity index (χ1) is 7.48. The fourth-order valence-electron chi connectivity index (χ4n) is 1.55. The van der Waals surface area contributed by atoms with Crippen LogP contribution in [0.5, 0.6) is 0 Å². The highest BCUT2D eigenvalue weighted by molar-refractivity contribution is 5.61. The molecule has 0 bridgehead atoms. The molecule has 1 aliphatic rings. The van der Waals surface area contributed by atoms with E-state index in [4.69, 9.17) is 5.73 Å². The zero-order chi connectivity index (χ0) is 11.8. The molecule has 0 aromatic heterocycles. The molecular formula is C11H15N3O2. The molecule has 86 valence electrons. The molecule has 1 aromatic rings. The third kappa shape index (κ3) is 2.42. The number of non-ortho nitro benzene ring substituents is 1. The Morgan fingerprint density at radius 2 is 2.19 bits per heavy atom. The zero-order valence-electron chi connectivity index (χ0n) is 9.19. The SMILES string of the molecule is CC1(CNc2cc(N)cc([N+](=O)[O-])c2)CC1. The van der Waals surface area contributed by atoms with Crippen LogP contribution < -0.4 is 11.1 Å². The Kier molecular flexibility index (Phi) is 2.46. The predicted octanol–water partition coefficient (Wildman–Crippen LogP) is 2.39. The zero-order valence-corrected chi connectivity index (χ0v) is 9.19. The summed E-state index contributed by atoms with van der Waals surface area (Å²) in [4.78, 5) is 10.2. The first kappa shape index (κ1) is 10.7. The molecule has 1 fully saturated rings. The minimum atomic E-state index is -0.430. The number of nitro groups is 1. The molecule has 16 heavy (non-hydrogen) atoms. The second kappa shape index (κ2) is 3.66. The van der Waals surface area contributed by atoms with Gasteiger partial charge in [-0.05, 0) is 24.3 Å². The lowest BCUT2D eigenvalue weighted by Crippen LogP contribution is -2.11. The molecule has 1 aromatic carbocycles. The van der Waals surface area contributed by atoms with Crippen molar-refractivity contribution in [3.63, 3.8) is 0 Å². The molecule has 5 nitrogen and oxygen atoms in total. The van der Waals surface area contributed by atoms with Crippen molar-refractivity contribution in [3.8, 4) is 0 Å². The molecule has 1 aliphatic carbocycles. The molecule has 3 N–H and O–H groups in total. The number of rotatable bonds is 4. The number of benzene rings is 1. The molecule has 1 saturated carbocycles. The monoisotopic (exact) mass is 221 g/mol. The van der Waals surface area contributed by atoms with Gasteiger partial charge in [0.15, 0.2) is 0 Å². The van der Waals surface area contributed by atoms with E-state index < -0.39 is 4.92 Å². The summed E-state index contributed by atoms with van der Waals surface area (Å²) in [7, 11) is 0. The molecule has 2 rings (SSSR count). The van der Waals surface area contributed by atoms with Gasteiger partial charge in [-0.1, -0.05) is 6.92 Å². The summed E-state index contributed by atoms with van der Waals surface area (Å²) in [5.41, 5.74) is 7.14. The third-order valence-corrected chi connectivity index (χ3v) is 2.97. The van der Waals surface area contributed by atoms with Gasteiger partial charge in [0.05, 0.1) is 4.92 Å². The van der Waals surface area contributed by atoms with Gasteiger partial charge >= 0.3 is 0 Å². The minimum Gasteiger partial charge on any atom is -0.398 e. The molecule has 5 heteroatoms. The van der Waals surface area contributed by atoms with E-state index in [9.17, 15) is 10.1 Å². The van der Waals surface area contributed by atoms with E-state index in [1.165, 1.54) is 25.0 Å². The number of hydrogen-bond donors (Lipinski definition) is 2. The molecule has 0 radical (unpaired) electrons. The fourth-order valence-corrected chi connectivity index (χ4v) is 1.55. The van der Waals surface area contributed by atoms with Gasteiger partial charge in [-0.25, -0.2) is 0 Å². The van der Waals surface area contributed by atoms with Crippen molar-refractivity contribution in [2.45, 2.75) is 19.8 Å². The van der Waals surface area contributed by atoms with Crippen molar-refractivity contribution in [1.29, 1.82) is 0 Å². The highest BCUT2D eigenvalue weighted by Gasteiger charge is 2.36. The summed E-state index contributed by atoms with van der Waals surface area (Å²) < 4.78 is 0. The van der Waals surface area contributed by atoms with E-state index in [0.29, 0.717) is 11.1 Å². The maximum Gasteiger partial charge on any atom is 0.273 e. The Morgan fingerprint density at radius 1 is 1.50 bits per heavy atom. The summed E-state index contributed by atoms with van der Waals surface area (Å²) in [6, 6.07) is 4.60. The van der Waals surface area contributed by atoms with Crippen LogP contribution in [-0.4, -0.2) is 11.5 Å². The average molecular weight is 221 g/mol. The van der Waals surface area contributed by atoms with Gasteiger partial charge in [0.25, 0.3) is 5.69 Å². The number of hydrogen-bond acceptors (Lipinski definition) is 4. The van der Waals surface area contributed by atoms with Crippen molar-refractivity contribution >= 4 is 17.1 Å².